The van der Waals surface area contributed by atoms with Crippen LogP contribution in [0.2, 0.25) is 0 Å². The van der Waals surface area contributed by atoms with Crippen molar-refractivity contribution in [3.8, 4) is 5.69 Å². The van der Waals surface area contributed by atoms with Crippen molar-refractivity contribution < 1.29 is 4.42 Å². The van der Waals surface area contributed by atoms with Gasteiger partial charge in [0.05, 0.1) is 11.0 Å². The van der Waals surface area contributed by atoms with Gasteiger partial charge in [-0.15, -0.1) is 0 Å². The van der Waals surface area contributed by atoms with Crippen LogP contribution in [-0.4, -0.2) is 9.55 Å². The normalized spacial score (nSPS) is 11.7. The Labute approximate surface area is 131 Å². The number of nitrogen functional groups attached to an aromatic ring is 1. The number of nitrogens with two attached hydrogens (primary N) is 1. The maximum Gasteiger partial charge on any atom is 0.205 e. The van der Waals surface area contributed by atoms with E-state index in [1.807, 2.05) is 59.2 Å². The van der Waals surface area contributed by atoms with E-state index >= 15 is 0 Å². The molecule has 0 bridgehead atoms. The fourth-order valence-electron chi connectivity index (χ4n) is 3.16. The van der Waals surface area contributed by atoms with Crippen molar-refractivity contribution in [3.63, 3.8) is 0 Å². The summed E-state index contributed by atoms with van der Waals surface area (Å²) in [5, 5.41) is 2.17. The molecule has 4 nitrogen and oxygen atoms in total. The van der Waals surface area contributed by atoms with Crippen molar-refractivity contribution in [2.24, 2.45) is 0 Å². The second-order valence-corrected chi connectivity index (χ2v) is 5.58. The zero-order chi connectivity index (χ0) is 15.4. The highest BCUT2D eigenvalue weighted by Gasteiger charge is 2.14. The Morgan fingerprint density at radius 1 is 0.826 bits per heavy atom. The van der Waals surface area contributed by atoms with Crippen LogP contribution in [0.5, 0.6) is 0 Å². The van der Waals surface area contributed by atoms with Crippen molar-refractivity contribution in [1.29, 1.82) is 0 Å². The van der Waals surface area contributed by atoms with Crippen molar-refractivity contribution in [1.82, 2.24) is 9.55 Å². The van der Waals surface area contributed by atoms with Gasteiger partial charge in [0.2, 0.25) is 5.95 Å². The fraction of sp³-hybridized carbons (Fsp3) is 0. The van der Waals surface area contributed by atoms with Crippen LogP contribution < -0.4 is 5.73 Å². The van der Waals surface area contributed by atoms with Crippen molar-refractivity contribution in [3.05, 3.63) is 66.7 Å². The predicted molar refractivity (Wildman–Crippen MR) is 92.8 cm³/mol. The Hall–Kier alpha value is -3.27. The van der Waals surface area contributed by atoms with Gasteiger partial charge in [0, 0.05) is 22.5 Å². The number of fused-ring (bicyclic) bond motifs is 4. The summed E-state index contributed by atoms with van der Waals surface area (Å²) < 4.78 is 7.89. The van der Waals surface area contributed by atoms with Gasteiger partial charge in [0.1, 0.15) is 11.2 Å². The molecule has 0 radical (unpaired) electrons. The van der Waals surface area contributed by atoms with Gasteiger partial charge in [0.25, 0.3) is 0 Å². The van der Waals surface area contributed by atoms with E-state index in [9.17, 15) is 0 Å². The number of rotatable bonds is 1. The van der Waals surface area contributed by atoms with E-state index in [1.54, 1.807) is 0 Å². The zero-order valence-electron chi connectivity index (χ0n) is 12.2. The van der Waals surface area contributed by atoms with E-state index in [0.29, 0.717) is 5.95 Å². The number of imidazole rings is 1. The lowest BCUT2D eigenvalue weighted by Gasteiger charge is -2.05. The van der Waals surface area contributed by atoms with Crippen molar-refractivity contribution >= 4 is 38.9 Å². The minimum Gasteiger partial charge on any atom is -0.456 e. The summed E-state index contributed by atoms with van der Waals surface area (Å²) in [5.41, 5.74) is 10.7. The van der Waals surface area contributed by atoms with E-state index in [0.717, 1.165) is 38.7 Å². The third-order valence-corrected chi connectivity index (χ3v) is 4.19. The van der Waals surface area contributed by atoms with Gasteiger partial charge < -0.3 is 10.2 Å². The molecule has 0 saturated carbocycles. The molecular formula is C19H13N3O. The predicted octanol–water partition coefficient (Wildman–Crippen LogP) is 4.51. The first-order valence-electron chi connectivity index (χ1n) is 7.46. The third kappa shape index (κ3) is 1.69. The number of anilines is 1. The lowest BCUT2D eigenvalue weighted by atomic mass is 10.1. The number of aromatic nitrogens is 2. The number of benzene rings is 3. The largest absolute Gasteiger partial charge is 0.456 e. The summed E-state index contributed by atoms with van der Waals surface area (Å²) in [6.45, 7) is 0. The number of nitrogens with zero attached hydrogens (tertiary/aromatic N) is 2. The molecule has 0 aliphatic carbocycles. The van der Waals surface area contributed by atoms with Gasteiger partial charge in [0.15, 0.2) is 0 Å². The van der Waals surface area contributed by atoms with Crippen molar-refractivity contribution in [2.75, 3.05) is 5.73 Å². The summed E-state index contributed by atoms with van der Waals surface area (Å²) in [6, 6.07) is 22.1. The molecule has 0 aliphatic rings. The van der Waals surface area contributed by atoms with Crippen LogP contribution in [0.4, 0.5) is 5.95 Å². The number of hydrogen-bond donors (Lipinski definition) is 1. The van der Waals surface area contributed by atoms with E-state index < -0.39 is 0 Å². The minimum atomic E-state index is 0.475. The van der Waals surface area contributed by atoms with Gasteiger partial charge >= 0.3 is 0 Å². The Balaban J connectivity index is 1.92. The van der Waals surface area contributed by atoms with Crippen LogP contribution in [0.1, 0.15) is 0 Å². The summed E-state index contributed by atoms with van der Waals surface area (Å²) in [6.07, 6.45) is 0. The van der Waals surface area contributed by atoms with Gasteiger partial charge in [-0.05, 0) is 24.3 Å². The lowest BCUT2D eigenvalue weighted by molar-refractivity contribution is 0.669. The Bertz CT molecular complexity index is 1170. The molecule has 0 fully saturated rings. The van der Waals surface area contributed by atoms with Gasteiger partial charge in [-0.3, -0.25) is 4.57 Å². The fourth-order valence-corrected chi connectivity index (χ4v) is 3.16. The van der Waals surface area contributed by atoms with Crippen LogP contribution in [0.25, 0.3) is 38.7 Å². The Morgan fingerprint density at radius 3 is 2.48 bits per heavy atom. The molecule has 4 heteroatoms. The molecule has 110 valence electrons. The summed E-state index contributed by atoms with van der Waals surface area (Å²) in [7, 11) is 0. The molecular weight excluding hydrogens is 286 g/mol. The maximum absolute atomic E-state index is 6.15. The first kappa shape index (κ1) is 12.3. The van der Waals surface area contributed by atoms with Crippen LogP contribution in [0.3, 0.4) is 0 Å². The first-order valence-corrected chi connectivity index (χ1v) is 7.46. The molecule has 0 spiro atoms. The number of hydrogen-bond acceptors (Lipinski definition) is 3. The molecule has 2 heterocycles. The molecule has 5 aromatic rings. The highest BCUT2D eigenvalue weighted by atomic mass is 16.3. The molecule has 5 rings (SSSR count). The Kier molecular flexibility index (Phi) is 2.33. The van der Waals surface area contributed by atoms with E-state index in [2.05, 4.69) is 17.1 Å². The molecule has 2 N–H and O–H groups in total. The maximum atomic E-state index is 6.15. The average molecular weight is 299 g/mol. The Morgan fingerprint density at radius 2 is 1.61 bits per heavy atom. The number of furan rings is 1. The molecule has 0 aliphatic heterocycles. The molecule has 0 amide bonds. The van der Waals surface area contributed by atoms with Crippen LogP contribution in [0.15, 0.2) is 71.1 Å². The highest BCUT2D eigenvalue weighted by molar-refractivity contribution is 6.09. The topological polar surface area (TPSA) is 57.0 Å². The third-order valence-electron chi connectivity index (χ3n) is 4.19. The quantitative estimate of drug-likeness (QED) is 0.495. The van der Waals surface area contributed by atoms with E-state index in [-0.39, 0.29) is 0 Å². The monoisotopic (exact) mass is 299 g/mol. The van der Waals surface area contributed by atoms with E-state index in [4.69, 9.17) is 10.2 Å². The highest BCUT2D eigenvalue weighted by Crippen LogP contribution is 2.33. The summed E-state index contributed by atoms with van der Waals surface area (Å²) >= 11 is 0. The first-order chi connectivity index (χ1) is 11.3. The molecule has 23 heavy (non-hydrogen) atoms. The molecule has 0 atom stereocenters. The van der Waals surface area contributed by atoms with E-state index in [1.165, 1.54) is 0 Å². The van der Waals surface area contributed by atoms with Crippen LogP contribution in [0, 0.1) is 0 Å². The second-order valence-electron chi connectivity index (χ2n) is 5.58. The summed E-state index contributed by atoms with van der Waals surface area (Å²) in [4.78, 5) is 4.49. The average Bonchev–Trinajstić information content (AvgIpc) is 3.09. The molecule has 2 aromatic heterocycles. The van der Waals surface area contributed by atoms with Crippen LogP contribution >= 0.6 is 0 Å². The molecule has 3 aromatic carbocycles. The van der Waals surface area contributed by atoms with Gasteiger partial charge in [-0.1, -0.05) is 36.4 Å². The minimum absolute atomic E-state index is 0.475. The zero-order valence-corrected chi connectivity index (χ0v) is 12.2. The van der Waals surface area contributed by atoms with Gasteiger partial charge in [-0.2, -0.15) is 0 Å². The summed E-state index contributed by atoms with van der Waals surface area (Å²) in [5.74, 6) is 0.475. The lowest BCUT2D eigenvalue weighted by Crippen LogP contribution is -1.99. The molecule has 0 saturated heterocycles. The standard InChI is InChI=1S/C19H13N3O/c20-19-21-15-11-18-14(13-8-4-5-9-17(13)23-18)10-16(15)22(19)12-6-2-1-3-7-12/h1-11H,(H2,20,21). The van der Waals surface area contributed by atoms with Crippen molar-refractivity contribution in [2.45, 2.75) is 0 Å². The van der Waals surface area contributed by atoms with Crippen LogP contribution in [-0.2, 0) is 0 Å². The second kappa shape index (κ2) is 4.36. The molecule has 0 unspecified atom stereocenters. The number of para-hydroxylation sites is 2. The smallest absolute Gasteiger partial charge is 0.205 e. The van der Waals surface area contributed by atoms with Gasteiger partial charge in [-0.25, -0.2) is 4.98 Å². The SMILES string of the molecule is Nc1nc2cc3oc4ccccc4c3cc2n1-c1ccccc1.